The van der Waals surface area contributed by atoms with Gasteiger partial charge in [-0.2, -0.15) is 5.26 Å². The number of benzene rings is 1. The van der Waals surface area contributed by atoms with Crippen molar-refractivity contribution < 1.29 is 4.74 Å². The van der Waals surface area contributed by atoms with Crippen LogP contribution in [-0.4, -0.2) is 11.9 Å². The van der Waals surface area contributed by atoms with Crippen LogP contribution < -0.4 is 10.5 Å². The lowest BCUT2D eigenvalue weighted by Gasteiger charge is -2.14. The highest BCUT2D eigenvalue weighted by Gasteiger charge is 2.12. The van der Waals surface area contributed by atoms with E-state index < -0.39 is 0 Å². The number of ether oxygens (including phenoxy) is 1. The molecule has 3 N–H and O–H groups in total. The average Bonchev–Trinajstić information content (AvgIpc) is 2.16. The van der Waals surface area contributed by atoms with E-state index in [1.807, 2.05) is 19.9 Å². The number of para-hydroxylation sites is 1. The predicted octanol–water partition coefficient (Wildman–Crippen LogP) is 2.05. The van der Waals surface area contributed by atoms with Gasteiger partial charge in [-0.3, -0.25) is 5.41 Å². The van der Waals surface area contributed by atoms with Crippen LogP contribution in [0.4, 0.5) is 0 Å². The normalized spacial score (nSPS) is 9.12. The number of nitrogen functional groups attached to an aromatic ring is 1. The first kappa shape index (κ1) is 14.3. The molecule has 0 aliphatic carbocycles. The van der Waals surface area contributed by atoms with Crippen molar-refractivity contribution in [3.63, 3.8) is 0 Å². The summed E-state index contributed by atoms with van der Waals surface area (Å²) in [7, 11) is 0. The van der Waals surface area contributed by atoms with Gasteiger partial charge in [0.25, 0.3) is 0 Å². The van der Waals surface area contributed by atoms with E-state index in [9.17, 15) is 0 Å². The second-order valence-corrected chi connectivity index (χ2v) is 3.37. The lowest BCUT2D eigenvalue weighted by atomic mass is 10.1. The maximum Gasteiger partial charge on any atom is 0.148 e. The Balaban J connectivity index is 0.00000225. The van der Waals surface area contributed by atoms with E-state index in [1.165, 1.54) is 0 Å². The third kappa shape index (κ3) is 3.14. The Morgan fingerprint density at radius 3 is 2.56 bits per heavy atom. The number of hydrogen-bond donors (Lipinski definition) is 2. The summed E-state index contributed by atoms with van der Waals surface area (Å²) in [5, 5.41) is 16.3. The summed E-state index contributed by atoms with van der Waals surface area (Å²) >= 11 is 0. The zero-order chi connectivity index (χ0) is 11.4. The first-order chi connectivity index (χ1) is 7.06. The molecule has 0 unspecified atom stereocenters. The van der Waals surface area contributed by atoms with Crippen LogP contribution >= 0.6 is 12.4 Å². The molecule has 0 atom stereocenters. The molecule has 16 heavy (non-hydrogen) atoms. The summed E-state index contributed by atoms with van der Waals surface area (Å²) in [6, 6.07) is 7.01. The Bertz CT molecular complexity index is 424. The first-order valence-corrected chi connectivity index (χ1v) is 4.60. The average molecular weight is 240 g/mol. The van der Waals surface area contributed by atoms with Gasteiger partial charge in [-0.1, -0.05) is 6.07 Å². The molecule has 0 bridgehead atoms. The van der Waals surface area contributed by atoms with E-state index in [0.29, 0.717) is 16.9 Å². The van der Waals surface area contributed by atoms with E-state index in [-0.39, 0.29) is 24.3 Å². The minimum Gasteiger partial charge on any atom is -0.489 e. The van der Waals surface area contributed by atoms with Gasteiger partial charge in [-0.05, 0) is 26.0 Å². The van der Waals surface area contributed by atoms with Crippen LogP contribution in [-0.2, 0) is 0 Å². The number of nitrogens with one attached hydrogen (secondary N) is 1. The van der Waals surface area contributed by atoms with Crippen LogP contribution in [0.5, 0.6) is 5.75 Å². The zero-order valence-electron chi connectivity index (χ0n) is 9.15. The van der Waals surface area contributed by atoms with Crippen LogP contribution in [0.2, 0.25) is 0 Å². The second kappa shape index (κ2) is 5.99. The van der Waals surface area contributed by atoms with Gasteiger partial charge in [0.05, 0.1) is 17.2 Å². The second-order valence-electron chi connectivity index (χ2n) is 3.37. The van der Waals surface area contributed by atoms with Crippen LogP contribution in [0.3, 0.4) is 0 Å². The Morgan fingerprint density at radius 1 is 1.50 bits per heavy atom. The van der Waals surface area contributed by atoms with E-state index in [2.05, 4.69) is 0 Å². The first-order valence-electron chi connectivity index (χ1n) is 4.60. The van der Waals surface area contributed by atoms with E-state index >= 15 is 0 Å². The monoisotopic (exact) mass is 239 g/mol. The largest absolute Gasteiger partial charge is 0.489 e. The molecule has 4 nitrogen and oxygen atoms in total. The Labute approximate surface area is 101 Å². The molecule has 1 aromatic carbocycles. The molecule has 0 heterocycles. The maximum atomic E-state index is 8.90. The summed E-state index contributed by atoms with van der Waals surface area (Å²) < 4.78 is 5.49. The highest BCUT2D eigenvalue weighted by atomic mass is 35.5. The lowest BCUT2D eigenvalue weighted by molar-refractivity contribution is 0.241. The minimum atomic E-state index is -0.0947. The summed E-state index contributed by atoms with van der Waals surface area (Å²) in [5.41, 5.74) is 6.27. The molecule has 0 amide bonds. The fourth-order valence-corrected chi connectivity index (χ4v) is 1.20. The van der Waals surface area contributed by atoms with E-state index in [0.717, 1.165) is 0 Å². The van der Waals surface area contributed by atoms with Crippen LogP contribution in [0.1, 0.15) is 25.0 Å². The topological polar surface area (TPSA) is 82.9 Å². The van der Waals surface area contributed by atoms with Crippen LogP contribution in [0.25, 0.3) is 0 Å². The quantitative estimate of drug-likeness (QED) is 0.626. The summed E-state index contributed by atoms with van der Waals surface area (Å²) in [6.07, 6.45) is -0.0578. The van der Waals surface area contributed by atoms with Crippen molar-refractivity contribution in [1.29, 1.82) is 10.7 Å². The molecular formula is C11H14ClN3O. The number of nitrogens with two attached hydrogens (primary N) is 1. The van der Waals surface area contributed by atoms with Crippen molar-refractivity contribution in [2.75, 3.05) is 0 Å². The molecule has 0 aromatic heterocycles. The van der Waals surface area contributed by atoms with Crippen molar-refractivity contribution >= 4 is 18.2 Å². The van der Waals surface area contributed by atoms with Crippen molar-refractivity contribution in [2.45, 2.75) is 20.0 Å². The predicted molar refractivity (Wildman–Crippen MR) is 65.2 cm³/mol. The van der Waals surface area contributed by atoms with Gasteiger partial charge in [0.1, 0.15) is 17.7 Å². The fraction of sp³-hybridized carbons (Fsp3) is 0.273. The molecule has 0 aliphatic heterocycles. The van der Waals surface area contributed by atoms with Crippen LogP contribution in [0, 0.1) is 16.7 Å². The number of rotatable bonds is 3. The van der Waals surface area contributed by atoms with Gasteiger partial charge < -0.3 is 10.5 Å². The molecule has 0 radical (unpaired) electrons. The maximum absolute atomic E-state index is 8.90. The SMILES string of the molecule is CC(C)Oc1c(C#N)cccc1C(=N)N.Cl. The molecule has 0 fully saturated rings. The molecule has 1 rings (SSSR count). The Kier molecular flexibility index (Phi) is 5.34. The molecule has 0 saturated carbocycles. The van der Waals surface area contributed by atoms with Crippen molar-refractivity contribution in [2.24, 2.45) is 5.73 Å². The smallest absolute Gasteiger partial charge is 0.148 e. The third-order valence-corrected chi connectivity index (χ3v) is 1.78. The van der Waals surface area contributed by atoms with E-state index in [4.69, 9.17) is 21.1 Å². The highest BCUT2D eigenvalue weighted by molar-refractivity contribution is 5.98. The highest BCUT2D eigenvalue weighted by Crippen LogP contribution is 2.24. The molecule has 1 aromatic rings. The summed E-state index contributed by atoms with van der Waals surface area (Å²) in [5.74, 6) is 0.297. The number of nitriles is 1. The number of halogens is 1. The molecule has 0 spiro atoms. The third-order valence-electron chi connectivity index (χ3n) is 1.78. The molecule has 0 aliphatic rings. The number of nitrogens with zero attached hydrogens (tertiary/aromatic N) is 1. The molecule has 5 heteroatoms. The van der Waals surface area contributed by atoms with Crippen molar-refractivity contribution in [1.82, 2.24) is 0 Å². The van der Waals surface area contributed by atoms with Crippen molar-refractivity contribution in [3.8, 4) is 11.8 Å². The standard InChI is InChI=1S/C11H13N3O.ClH/c1-7(2)15-10-8(6-12)4-3-5-9(10)11(13)14;/h3-5,7H,1-2H3,(H3,13,14);1H. The van der Waals surface area contributed by atoms with Crippen molar-refractivity contribution in [3.05, 3.63) is 29.3 Å². The van der Waals surface area contributed by atoms with Gasteiger partial charge in [-0.15, -0.1) is 12.4 Å². The van der Waals surface area contributed by atoms with Gasteiger partial charge >= 0.3 is 0 Å². The van der Waals surface area contributed by atoms with Gasteiger partial charge in [0.2, 0.25) is 0 Å². The fourth-order valence-electron chi connectivity index (χ4n) is 1.20. The molecule has 86 valence electrons. The lowest BCUT2D eigenvalue weighted by Crippen LogP contribution is -2.16. The van der Waals surface area contributed by atoms with Gasteiger partial charge in [0, 0.05) is 0 Å². The Morgan fingerprint density at radius 2 is 2.12 bits per heavy atom. The van der Waals surface area contributed by atoms with Crippen LogP contribution in [0.15, 0.2) is 18.2 Å². The molecular weight excluding hydrogens is 226 g/mol. The zero-order valence-corrected chi connectivity index (χ0v) is 9.97. The molecule has 0 saturated heterocycles. The van der Waals surface area contributed by atoms with E-state index in [1.54, 1.807) is 18.2 Å². The number of hydrogen-bond acceptors (Lipinski definition) is 3. The number of amidine groups is 1. The minimum absolute atomic E-state index is 0. The summed E-state index contributed by atoms with van der Waals surface area (Å²) in [6.45, 7) is 3.72. The Hall–Kier alpha value is -1.73. The summed E-state index contributed by atoms with van der Waals surface area (Å²) in [4.78, 5) is 0. The van der Waals surface area contributed by atoms with Gasteiger partial charge in [-0.25, -0.2) is 0 Å². The van der Waals surface area contributed by atoms with Gasteiger partial charge in [0.15, 0.2) is 0 Å².